The molecule has 0 amide bonds. The highest BCUT2D eigenvalue weighted by Gasteiger charge is 2.22. The molecule has 0 saturated heterocycles. The summed E-state index contributed by atoms with van der Waals surface area (Å²) in [5.74, 6) is 3.06. The van der Waals surface area contributed by atoms with Crippen molar-refractivity contribution in [3.8, 4) is 5.75 Å². The van der Waals surface area contributed by atoms with Gasteiger partial charge in [-0.15, -0.1) is 0 Å². The number of benzene rings is 1. The van der Waals surface area contributed by atoms with Crippen molar-refractivity contribution in [2.24, 2.45) is 5.92 Å². The first-order chi connectivity index (χ1) is 9.72. The molecule has 1 atom stereocenters. The molecule has 0 fully saturated rings. The molecule has 1 aliphatic rings. The summed E-state index contributed by atoms with van der Waals surface area (Å²) in [6, 6.07) is 7.54. The Morgan fingerprint density at radius 1 is 1.20 bits per heavy atom. The van der Waals surface area contributed by atoms with Crippen LogP contribution in [0.4, 0.5) is 0 Å². The van der Waals surface area contributed by atoms with Crippen LogP contribution in [0.2, 0.25) is 0 Å². The summed E-state index contributed by atoms with van der Waals surface area (Å²) < 4.78 is 10.8. The van der Waals surface area contributed by atoms with Gasteiger partial charge in [-0.25, -0.2) is 0 Å². The van der Waals surface area contributed by atoms with Gasteiger partial charge in [0.25, 0.3) is 0 Å². The van der Waals surface area contributed by atoms with Crippen LogP contribution in [-0.4, -0.2) is 19.3 Å². The number of ether oxygens (including phenoxy) is 2. The molecule has 0 radical (unpaired) electrons. The van der Waals surface area contributed by atoms with E-state index in [2.05, 4.69) is 6.07 Å². The van der Waals surface area contributed by atoms with Crippen LogP contribution in [0.25, 0.3) is 0 Å². The predicted octanol–water partition coefficient (Wildman–Crippen LogP) is 4.02. The van der Waals surface area contributed by atoms with Gasteiger partial charge in [0.15, 0.2) is 0 Å². The second-order valence-electron chi connectivity index (χ2n) is 5.43. The Balaban J connectivity index is 1.80. The Bertz CT molecular complexity index is 465. The maximum absolute atomic E-state index is 9.45. The van der Waals surface area contributed by atoms with Crippen molar-refractivity contribution in [3.05, 3.63) is 41.3 Å². The van der Waals surface area contributed by atoms with E-state index >= 15 is 0 Å². The van der Waals surface area contributed by atoms with Gasteiger partial charge in [0.2, 0.25) is 0 Å². The second-order valence-corrected chi connectivity index (χ2v) is 5.43. The Kier molecular flexibility index (Phi) is 5.33. The molecule has 0 bridgehead atoms. The van der Waals surface area contributed by atoms with Crippen molar-refractivity contribution in [1.29, 1.82) is 0 Å². The van der Waals surface area contributed by atoms with Gasteiger partial charge in [0.05, 0.1) is 14.2 Å². The molecule has 1 N–H and O–H groups in total. The molecule has 0 aliphatic heterocycles. The minimum Gasteiger partial charge on any atom is -0.508 e. The number of hydrogen-bond donors (Lipinski definition) is 1. The van der Waals surface area contributed by atoms with Crippen LogP contribution in [0.3, 0.4) is 0 Å². The molecule has 3 heteroatoms. The molecule has 1 aromatic rings. The molecule has 0 saturated carbocycles. The maximum atomic E-state index is 9.45. The minimum atomic E-state index is 0.356. The number of phenolic OH excluding ortho intramolecular Hbond substituents is 1. The normalized spacial score (nSPS) is 19.0. The van der Waals surface area contributed by atoms with Gasteiger partial charge in [-0.05, 0) is 49.3 Å². The van der Waals surface area contributed by atoms with Crippen molar-refractivity contribution >= 4 is 0 Å². The van der Waals surface area contributed by atoms with Gasteiger partial charge in [-0.1, -0.05) is 12.1 Å². The molecule has 20 heavy (non-hydrogen) atoms. The number of methoxy groups -OCH3 is 2. The van der Waals surface area contributed by atoms with E-state index in [0.717, 1.165) is 37.2 Å². The number of allylic oxidation sites excluding steroid dienone is 2. The van der Waals surface area contributed by atoms with E-state index in [1.54, 1.807) is 20.3 Å². The minimum absolute atomic E-state index is 0.356. The van der Waals surface area contributed by atoms with E-state index in [1.165, 1.54) is 18.4 Å². The van der Waals surface area contributed by atoms with Crippen LogP contribution >= 0.6 is 0 Å². The fourth-order valence-electron chi connectivity index (χ4n) is 2.92. The van der Waals surface area contributed by atoms with Gasteiger partial charge in [-0.2, -0.15) is 0 Å². The van der Waals surface area contributed by atoms with E-state index in [0.29, 0.717) is 11.7 Å². The summed E-state index contributed by atoms with van der Waals surface area (Å²) in [5.41, 5.74) is 1.21. The zero-order valence-corrected chi connectivity index (χ0v) is 12.4. The standard InChI is InChI=1S/C17H24O3/c1-19-16-10-9-14(12-17(16)20-2)6-3-5-13-7-4-8-15(18)11-13/h4,7-8,11,14,18H,3,5-6,9-10,12H2,1-2H3. The van der Waals surface area contributed by atoms with Crippen LogP contribution in [0.15, 0.2) is 35.8 Å². The largest absolute Gasteiger partial charge is 0.508 e. The van der Waals surface area contributed by atoms with E-state index in [1.807, 2.05) is 12.1 Å². The third kappa shape index (κ3) is 3.92. The van der Waals surface area contributed by atoms with Gasteiger partial charge in [0.1, 0.15) is 17.3 Å². The lowest BCUT2D eigenvalue weighted by molar-refractivity contribution is 0.167. The summed E-state index contributed by atoms with van der Waals surface area (Å²) in [6.45, 7) is 0. The zero-order chi connectivity index (χ0) is 14.4. The molecule has 110 valence electrons. The zero-order valence-electron chi connectivity index (χ0n) is 12.4. The van der Waals surface area contributed by atoms with Crippen LogP contribution < -0.4 is 0 Å². The average Bonchev–Trinajstić information content (AvgIpc) is 2.47. The highest BCUT2D eigenvalue weighted by Crippen LogP contribution is 2.33. The smallest absolute Gasteiger partial charge is 0.133 e. The topological polar surface area (TPSA) is 38.7 Å². The fourth-order valence-corrected chi connectivity index (χ4v) is 2.92. The summed E-state index contributed by atoms with van der Waals surface area (Å²) >= 11 is 0. The molecular formula is C17H24O3. The summed E-state index contributed by atoms with van der Waals surface area (Å²) in [4.78, 5) is 0. The summed E-state index contributed by atoms with van der Waals surface area (Å²) in [7, 11) is 3.44. The van der Waals surface area contributed by atoms with Crippen LogP contribution in [0, 0.1) is 5.92 Å². The lowest BCUT2D eigenvalue weighted by atomic mass is 9.87. The molecule has 1 aromatic carbocycles. The highest BCUT2D eigenvalue weighted by molar-refractivity contribution is 5.27. The number of aromatic hydroxyl groups is 1. The monoisotopic (exact) mass is 276 g/mol. The summed E-state index contributed by atoms with van der Waals surface area (Å²) in [6.07, 6.45) is 6.51. The molecule has 0 spiro atoms. The van der Waals surface area contributed by atoms with Crippen molar-refractivity contribution < 1.29 is 14.6 Å². The Labute approximate surface area is 121 Å². The first kappa shape index (κ1) is 14.8. The van der Waals surface area contributed by atoms with Gasteiger partial charge >= 0.3 is 0 Å². The molecular weight excluding hydrogens is 252 g/mol. The number of rotatable bonds is 6. The highest BCUT2D eigenvalue weighted by atomic mass is 16.5. The average molecular weight is 276 g/mol. The number of hydrogen-bond acceptors (Lipinski definition) is 3. The first-order valence-electron chi connectivity index (χ1n) is 7.31. The predicted molar refractivity (Wildman–Crippen MR) is 79.4 cm³/mol. The van der Waals surface area contributed by atoms with E-state index in [-0.39, 0.29) is 0 Å². The molecule has 3 nitrogen and oxygen atoms in total. The molecule has 0 aromatic heterocycles. The van der Waals surface area contributed by atoms with Gasteiger partial charge in [0, 0.05) is 12.8 Å². The molecule has 0 heterocycles. The van der Waals surface area contributed by atoms with E-state index < -0.39 is 0 Å². The first-order valence-corrected chi connectivity index (χ1v) is 7.31. The van der Waals surface area contributed by atoms with Crippen molar-refractivity contribution in [2.45, 2.75) is 38.5 Å². The quantitative estimate of drug-likeness (QED) is 0.853. The van der Waals surface area contributed by atoms with Crippen molar-refractivity contribution in [2.75, 3.05) is 14.2 Å². The van der Waals surface area contributed by atoms with E-state index in [4.69, 9.17) is 9.47 Å². The van der Waals surface area contributed by atoms with Crippen LogP contribution in [-0.2, 0) is 15.9 Å². The molecule has 1 unspecified atom stereocenters. The third-order valence-corrected chi connectivity index (χ3v) is 4.05. The van der Waals surface area contributed by atoms with Gasteiger partial charge < -0.3 is 14.6 Å². The lowest BCUT2D eigenvalue weighted by Gasteiger charge is -2.25. The van der Waals surface area contributed by atoms with Crippen molar-refractivity contribution in [1.82, 2.24) is 0 Å². The Morgan fingerprint density at radius 2 is 2.00 bits per heavy atom. The second kappa shape index (κ2) is 7.22. The van der Waals surface area contributed by atoms with Crippen LogP contribution in [0.1, 0.15) is 37.7 Å². The SMILES string of the molecule is COC1=C(OC)CC(CCCc2cccc(O)c2)CC1. The Hall–Kier alpha value is -1.64. The third-order valence-electron chi connectivity index (χ3n) is 4.05. The number of aryl methyl sites for hydroxylation is 1. The maximum Gasteiger partial charge on any atom is 0.133 e. The molecule has 1 aliphatic carbocycles. The summed E-state index contributed by atoms with van der Waals surface area (Å²) in [5, 5.41) is 9.45. The lowest BCUT2D eigenvalue weighted by Crippen LogP contribution is -2.13. The van der Waals surface area contributed by atoms with Crippen LogP contribution in [0.5, 0.6) is 5.75 Å². The fraction of sp³-hybridized carbons (Fsp3) is 0.529. The molecule has 2 rings (SSSR count). The Morgan fingerprint density at radius 3 is 2.70 bits per heavy atom. The van der Waals surface area contributed by atoms with E-state index in [9.17, 15) is 5.11 Å². The van der Waals surface area contributed by atoms with Crippen molar-refractivity contribution in [3.63, 3.8) is 0 Å². The number of phenols is 1. The van der Waals surface area contributed by atoms with Gasteiger partial charge in [-0.3, -0.25) is 0 Å².